The maximum atomic E-state index is 12.5. The van der Waals surface area contributed by atoms with Gasteiger partial charge in [0.25, 0.3) is 0 Å². The topological polar surface area (TPSA) is 12.9 Å². The Kier molecular flexibility index (Phi) is 3.03. The zero-order valence-electron chi connectivity index (χ0n) is 7.75. The summed E-state index contributed by atoms with van der Waals surface area (Å²) in [6.45, 7) is 0. The molecule has 0 fully saturated rings. The van der Waals surface area contributed by atoms with Crippen molar-refractivity contribution >= 4 is 27.3 Å². The molecule has 1 nitrogen and oxygen atoms in total. The molecule has 0 N–H and O–H groups in total. The van der Waals surface area contributed by atoms with Crippen LogP contribution in [-0.2, 0) is 6.18 Å². The van der Waals surface area contributed by atoms with Gasteiger partial charge in [-0.1, -0.05) is 12.1 Å². The number of halogens is 4. The molecule has 0 aliphatic carbocycles. The van der Waals surface area contributed by atoms with Gasteiger partial charge in [0.2, 0.25) is 0 Å². The van der Waals surface area contributed by atoms with Gasteiger partial charge in [0, 0.05) is 5.56 Å². The third-order valence-corrected chi connectivity index (χ3v) is 3.44. The molecule has 1 aromatic carbocycles. The van der Waals surface area contributed by atoms with Gasteiger partial charge in [0.15, 0.2) is 0 Å². The van der Waals surface area contributed by atoms with Crippen molar-refractivity contribution < 1.29 is 13.2 Å². The monoisotopic (exact) mass is 307 g/mol. The van der Waals surface area contributed by atoms with Crippen molar-refractivity contribution in [3.8, 4) is 10.6 Å². The summed E-state index contributed by atoms with van der Waals surface area (Å²) in [5.41, 5.74) is -0.179. The summed E-state index contributed by atoms with van der Waals surface area (Å²) in [4.78, 5) is 4.01. The molecule has 2 rings (SSSR count). The lowest BCUT2D eigenvalue weighted by molar-refractivity contribution is -0.137. The van der Waals surface area contributed by atoms with Gasteiger partial charge in [0.1, 0.15) is 5.01 Å². The smallest absolute Gasteiger partial charge is 0.243 e. The maximum absolute atomic E-state index is 12.5. The van der Waals surface area contributed by atoms with Crippen LogP contribution < -0.4 is 0 Å². The average Bonchev–Trinajstić information content (AvgIpc) is 2.64. The van der Waals surface area contributed by atoms with Crippen LogP contribution in [0.15, 0.2) is 34.2 Å². The maximum Gasteiger partial charge on any atom is 0.416 e. The molecule has 2 aromatic rings. The second-order valence-electron chi connectivity index (χ2n) is 3.05. The molecule has 6 heteroatoms. The molecule has 0 saturated carbocycles. The van der Waals surface area contributed by atoms with Crippen LogP contribution in [-0.4, -0.2) is 4.98 Å². The molecule has 0 amide bonds. The van der Waals surface area contributed by atoms with E-state index in [0.717, 1.165) is 15.9 Å². The van der Waals surface area contributed by atoms with E-state index < -0.39 is 11.7 Å². The number of aromatic nitrogens is 1. The first-order valence-corrected chi connectivity index (χ1v) is 5.87. The first-order chi connectivity index (χ1) is 7.47. The minimum atomic E-state index is -4.31. The van der Waals surface area contributed by atoms with Crippen molar-refractivity contribution in [3.63, 3.8) is 0 Å². The van der Waals surface area contributed by atoms with Gasteiger partial charge in [-0.2, -0.15) is 13.2 Å². The van der Waals surface area contributed by atoms with E-state index in [9.17, 15) is 13.2 Å². The average molecular weight is 308 g/mol. The Hall–Kier alpha value is -0.880. The van der Waals surface area contributed by atoms with E-state index in [1.54, 1.807) is 12.3 Å². The quantitative estimate of drug-likeness (QED) is 0.751. The number of thiazole rings is 1. The Morgan fingerprint density at radius 1 is 1.25 bits per heavy atom. The molecule has 0 unspecified atom stereocenters. The summed E-state index contributed by atoms with van der Waals surface area (Å²) in [7, 11) is 0. The van der Waals surface area contributed by atoms with Gasteiger partial charge < -0.3 is 0 Å². The molecular formula is C10H5BrF3NS. The highest BCUT2D eigenvalue weighted by Crippen LogP contribution is 2.34. The Morgan fingerprint density at radius 3 is 2.56 bits per heavy atom. The van der Waals surface area contributed by atoms with Crippen molar-refractivity contribution in [3.05, 3.63) is 39.8 Å². The van der Waals surface area contributed by atoms with Gasteiger partial charge in [-0.15, -0.1) is 11.3 Å². The van der Waals surface area contributed by atoms with Crippen LogP contribution in [0.5, 0.6) is 0 Å². The summed E-state index contributed by atoms with van der Waals surface area (Å²) in [6.07, 6.45) is -2.75. The molecule has 1 heterocycles. The first-order valence-electron chi connectivity index (χ1n) is 4.26. The fourth-order valence-electron chi connectivity index (χ4n) is 1.22. The predicted octanol–water partition coefficient (Wildman–Crippen LogP) is 4.59. The van der Waals surface area contributed by atoms with E-state index >= 15 is 0 Å². The molecular weight excluding hydrogens is 303 g/mol. The van der Waals surface area contributed by atoms with E-state index in [4.69, 9.17) is 0 Å². The summed E-state index contributed by atoms with van der Waals surface area (Å²) >= 11 is 4.52. The SMILES string of the molecule is FC(F)(F)c1cccc(-c2ncc(Br)s2)c1. The van der Waals surface area contributed by atoms with Crippen LogP contribution in [0.3, 0.4) is 0 Å². The molecule has 0 saturated heterocycles. The normalized spacial score (nSPS) is 11.8. The van der Waals surface area contributed by atoms with Gasteiger partial charge in [-0.25, -0.2) is 4.98 Å². The van der Waals surface area contributed by atoms with Crippen molar-refractivity contribution in [2.24, 2.45) is 0 Å². The number of benzene rings is 1. The highest BCUT2D eigenvalue weighted by atomic mass is 79.9. The van der Waals surface area contributed by atoms with Crippen molar-refractivity contribution in [2.45, 2.75) is 6.18 Å². The third-order valence-electron chi connectivity index (χ3n) is 1.91. The van der Waals surface area contributed by atoms with Crippen LogP contribution in [0.1, 0.15) is 5.56 Å². The molecule has 84 valence electrons. The number of nitrogens with zero attached hydrogens (tertiary/aromatic N) is 1. The van der Waals surface area contributed by atoms with Crippen LogP contribution in [0.25, 0.3) is 10.6 Å². The van der Waals surface area contributed by atoms with Crippen molar-refractivity contribution in [1.82, 2.24) is 4.98 Å². The zero-order chi connectivity index (χ0) is 11.8. The van der Waals surface area contributed by atoms with E-state index in [2.05, 4.69) is 20.9 Å². The molecule has 1 aromatic heterocycles. The predicted molar refractivity (Wildman–Crippen MR) is 60.3 cm³/mol. The number of alkyl halides is 3. The molecule has 0 atom stereocenters. The summed E-state index contributed by atoms with van der Waals surface area (Å²) in [5.74, 6) is 0. The van der Waals surface area contributed by atoms with Gasteiger partial charge in [-0.05, 0) is 28.1 Å². The van der Waals surface area contributed by atoms with Crippen molar-refractivity contribution in [2.75, 3.05) is 0 Å². The van der Waals surface area contributed by atoms with E-state index in [-0.39, 0.29) is 0 Å². The van der Waals surface area contributed by atoms with E-state index in [0.29, 0.717) is 10.6 Å². The molecule has 0 bridgehead atoms. The Balaban J connectivity index is 2.44. The lowest BCUT2D eigenvalue weighted by Gasteiger charge is -2.07. The third kappa shape index (κ3) is 2.44. The van der Waals surface area contributed by atoms with Crippen LogP contribution in [0.2, 0.25) is 0 Å². The zero-order valence-corrected chi connectivity index (χ0v) is 10.2. The van der Waals surface area contributed by atoms with Crippen LogP contribution in [0, 0.1) is 0 Å². The summed E-state index contributed by atoms with van der Waals surface area (Å²) in [6, 6.07) is 5.14. The fraction of sp³-hybridized carbons (Fsp3) is 0.100. The second-order valence-corrected chi connectivity index (χ2v) is 5.46. The standard InChI is InChI=1S/C10H5BrF3NS/c11-8-5-15-9(16-8)6-2-1-3-7(4-6)10(12,13)14/h1-5H. The van der Waals surface area contributed by atoms with Crippen molar-refractivity contribution in [1.29, 1.82) is 0 Å². The molecule has 0 radical (unpaired) electrons. The fourth-order valence-corrected chi connectivity index (χ4v) is 2.42. The highest BCUT2D eigenvalue weighted by molar-refractivity contribution is 9.11. The van der Waals surface area contributed by atoms with Crippen LogP contribution in [0.4, 0.5) is 13.2 Å². The minimum absolute atomic E-state index is 0.477. The Bertz CT molecular complexity index is 507. The van der Waals surface area contributed by atoms with E-state index in [1.165, 1.54) is 17.4 Å². The van der Waals surface area contributed by atoms with Crippen LogP contribution >= 0.6 is 27.3 Å². The number of hydrogen-bond donors (Lipinski definition) is 0. The van der Waals surface area contributed by atoms with E-state index in [1.807, 2.05) is 0 Å². The number of hydrogen-bond acceptors (Lipinski definition) is 2. The summed E-state index contributed by atoms with van der Waals surface area (Å²) < 4.78 is 38.2. The lowest BCUT2D eigenvalue weighted by atomic mass is 10.1. The molecule has 0 aliphatic rings. The first kappa shape index (κ1) is 11.6. The highest BCUT2D eigenvalue weighted by Gasteiger charge is 2.30. The minimum Gasteiger partial charge on any atom is -0.243 e. The summed E-state index contributed by atoms with van der Waals surface area (Å²) in [5, 5.41) is 0.568. The second kappa shape index (κ2) is 4.18. The number of rotatable bonds is 1. The molecule has 0 aliphatic heterocycles. The Labute approximate surface area is 102 Å². The lowest BCUT2D eigenvalue weighted by Crippen LogP contribution is -2.04. The van der Waals surface area contributed by atoms with Gasteiger partial charge in [0.05, 0.1) is 15.5 Å². The molecule has 16 heavy (non-hydrogen) atoms. The van der Waals surface area contributed by atoms with Gasteiger partial charge in [-0.3, -0.25) is 0 Å². The van der Waals surface area contributed by atoms with Gasteiger partial charge >= 0.3 is 6.18 Å². The molecule has 0 spiro atoms. The Morgan fingerprint density at radius 2 is 2.00 bits per heavy atom. The largest absolute Gasteiger partial charge is 0.416 e.